The number of alkyl halides is 3. The van der Waals surface area contributed by atoms with E-state index in [2.05, 4.69) is 5.32 Å². The van der Waals surface area contributed by atoms with E-state index in [4.69, 9.17) is 26.2 Å². The van der Waals surface area contributed by atoms with Gasteiger partial charge >= 0.3 is 12.1 Å². The lowest BCUT2D eigenvalue weighted by molar-refractivity contribution is -0.192. The van der Waals surface area contributed by atoms with Crippen molar-refractivity contribution in [2.75, 3.05) is 26.7 Å². The highest BCUT2D eigenvalue weighted by molar-refractivity contribution is 6.30. The number of carbonyl (C=O) groups is 3. The lowest BCUT2D eigenvalue weighted by atomic mass is 9.90. The first-order chi connectivity index (χ1) is 17.0. The average molecular weight is 528 g/mol. The van der Waals surface area contributed by atoms with Crippen LogP contribution in [0.2, 0.25) is 5.02 Å². The number of ether oxygens (including phenoxy) is 1. The highest BCUT2D eigenvalue weighted by Crippen LogP contribution is 2.32. The van der Waals surface area contributed by atoms with Gasteiger partial charge in [0.1, 0.15) is 17.8 Å². The van der Waals surface area contributed by atoms with Crippen LogP contribution in [0.1, 0.15) is 17.5 Å². The van der Waals surface area contributed by atoms with Crippen LogP contribution in [0.5, 0.6) is 5.75 Å². The molecule has 8 nitrogen and oxygen atoms in total. The fourth-order valence-electron chi connectivity index (χ4n) is 4.15. The molecule has 2 aromatic carbocycles. The Labute approximate surface area is 210 Å². The lowest BCUT2D eigenvalue weighted by Gasteiger charge is -2.47. The molecule has 1 unspecified atom stereocenters. The number of benzene rings is 2. The predicted octanol–water partition coefficient (Wildman–Crippen LogP) is 3.09. The molecule has 4 rings (SSSR count). The number of hydrogen-bond donors (Lipinski definition) is 2. The standard InChI is InChI=1S/C22H24ClN3O3.C2HF3O2/c1-29-19-8-4-16(5-9-19)12-25-14-20(27)26(13-17-2-6-18(23)7-3-17)22(21(25)28)10-11-24-15-22;3-2(4,5)1(6)7/h2-9,24H,10-15H2,1H3;(H,6,7). The molecule has 194 valence electrons. The maximum Gasteiger partial charge on any atom is 0.490 e. The zero-order valence-electron chi connectivity index (χ0n) is 19.3. The van der Waals surface area contributed by atoms with Gasteiger partial charge in [-0.3, -0.25) is 9.59 Å². The number of aliphatic carboxylic acids is 1. The zero-order chi connectivity index (χ0) is 26.5. The van der Waals surface area contributed by atoms with E-state index in [0.29, 0.717) is 37.6 Å². The molecule has 2 aliphatic heterocycles. The summed E-state index contributed by atoms with van der Waals surface area (Å²) in [5, 5.41) is 11.1. The highest BCUT2D eigenvalue weighted by atomic mass is 35.5. The van der Waals surface area contributed by atoms with E-state index >= 15 is 0 Å². The SMILES string of the molecule is COc1ccc(CN2CC(=O)N(Cc3ccc(Cl)cc3)C3(CCNC3)C2=O)cc1.O=C(O)C(F)(F)F. The number of carboxylic acid groups (broad SMARTS) is 1. The molecular weight excluding hydrogens is 503 g/mol. The van der Waals surface area contributed by atoms with Crippen LogP contribution >= 0.6 is 11.6 Å². The van der Waals surface area contributed by atoms with Crippen molar-refractivity contribution in [2.45, 2.75) is 31.2 Å². The van der Waals surface area contributed by atoms with Gasteiger partial charge in [-0.25, -0.2) is 4.79 Å². The van der Waals surface area contributed by atoms with Crippen molar-refractivity contribution in [1.82, 2.24) is 15.1 Å². The summed E-state index contributed by atoms with van der Waals surface area (Å²) in [6.45, 7) is 2.09. The molecule has 12 heteroatoms. The number of carboxylic acids is 1. The van der Waals surface area contributed by atoms with E-state index in [1.807, 2.05) is 48.5 Å². The van der Waals surface area contributed by atoms with Crippen LogP contribution in [-0.4, -0.2) is 71.1 Å². The molecule has 2 fully saturated rings. The molecule has 0 radical (unpaired) electrons. The monoisotopic (exact) mass is 527 g/mol. The third-order valence-electron chi connectivity index (χ3n) is 5.99. The van der Waals surface area contributed by atoms with E-state index < -0.39 is 17.7 Å². The Morgan fingerprint density at radius 2 is 1.64 bits per heavy atom. The second kappa shape index (κ2) is 11.2. The topological polar surface area (TPSA) is 99.2 Å². The first kappa shape index (κ1) is 27.3. The fraction of sp³-hybridized carbons (Fsp3) is 0.375. The molecule has 2 saturated heterocycles. The number of halogens is 4. The van der Waals surface area contributed by atoms with Crippen molar-refractivity contribution in [3.05, 3.63) is 64.7 Å². The second-order valence-electron chi connectivity index (χ2n) is 8.38. The van der Waals surface area contributed by atoms with Gasteiger partial charge < -0.3 is 25.0 Å². The summed E-state index contributed by atoms with van der Waals surface area (Å²) in [6, 6.07) is 15.0. The lowest BCUT2D eigenvalue weighted by Crippen LogP contribution is -2.68. The maximum atomic E-state index is 13.5. The van der Waals surface area contributed by atoms with Crippen molar-refractivity contribution in [2.24, 2.45) is 0 Å². The maximum absolute atomic E-state index is 13.5. The zero-order valence-corrected chi connectivity index (χ0v) is 20.1. The number of methoxy groups -OCH3 is 1. The van der Waals surface area contributed by atoms with Crippen molar-refractivity contribution in [1.29, 1.82) is 0 Å². The van der Waals surface area contributed by atoms with E-state index in [0.717, 1.165) is 16.9 Å². The van der Waals surface area contributed by atoms with E-state index in [9.17, 15) is 22.8 Å². The van der Waals surface area contributed by atoms with Gasteiger partial charge in [-0.1, -0.05) is 35.9 Å². The van der Waals surface area contributed by atoms with Gasteiger partial charge in [0.15, 0.2) is 0 Å². The summed E-state index contributed by atoms with van der Waals surface area (Å²) in [6.07, 6.45) is -4.47. The van der Waals surface area contributed by atoms with Gasteiger partial charge in [0.2, 0.25) is 5.91 Å². The summed E-state index contributed by atoms with van der Waals surface area (Å²) in [4.78, 5) is 39.0. The molecule has 0 aromatic heterocycles. The van der Waals surface area contributed by atoms with E-state index in [1.54, 1.807) is 16.9 Å². The minimum atomic E-state index is -5.08. The number of rotatable bonds is 5. The smallest absolute Gasteiger partial charge is 0.490 e. The minimum absolute atomic E-state index is 0.00637. The van der Waals surface area contributed by atoms with Crippen molar-refractivity contribution < 1.29 is 37.4 Å². The Kier molecular flexibility index (Phi) is 8.47. The molecule has 0 aliphatic carbocycles. The number of amides is 2. The van der Waals surface area contributed by atoms with Gasteiger partial charge in [0.25, 0.3) is 5.91 Å². The number of piperazine rings is 1. The van der Waals surface area contributed by atoms with Crippen LogP contribution in [-0.2, 0) is 27.5 Å². The van der Waals surface area contributed by atoms with Gasteiger partial charge in [0, 0.05) is 24.7 Å². The molecule has 2 aromatic rings. The molecular formula is C24H25ClF3N3O5. The Balaban J connectivity index is 0.000000454. The number of nitrogens with zero attached hydrogens (tertiary/aromatic N) is 2. The van der Waals surface area contributed by atoms with Crippen LogP contribution in [0, 0.1) is 0 Å². The Bertz CT molecular complexity index is 1090. The molecule has 2 aliphatic rings. The van der Waals surface area contributed by atoms with Crippen LogP contribution in [0.25, 0.3) is 0 Å². The predicted molar refractivity (Wildman–Crippen MR) is 124 cm³/mol. The first-order valence-corrected chi connectivity index (χ1v) is 11.3. The summed E-state index contributed by atoms with van der Waals surface area (Å²) in [5.41, 5.74) is 1.10. The molecule has 0 saturated carbocycles. The number of nitrogens with one attached hydrogen (secondary N) is 1. The van der Waals surface area contributed by atoms with Crippen molar-refractivity contribution in [3.8, 4) is 5.75 Å². The van der Waals surface area contributed by atoms with Gasteiger partial charge in [-0.05, 0) is 48.4 Å². The highest BCUT2D eigenvalue weighted by Gasteiger charge is 2.53. The molecule has 2 amide bonds. The Morgan fingerprint density at radius 1 is 1.08 bits per heavy atom. The van der Waals surface area contributed by atoms with Gasteiger partial charge in [-0.2, -0.15) is 13.2 Å². The van der Waals surface area contributed by atoms with Crippen molar-refractivity contribution >= 4 is 29.4 Å². The Morgan fingerprint density at radius 3 is 2.14 bits per heavy atom. The fourth-order valence-corrected chi connectivity index (χ4v) is 4.28. The van der Waals surface area contributed by atoms with Gasteiger partial charge in [0.05, 0.1) is 7.11 Å². The second-order valence-corrected chi connectivity index (χ2v) is 8.81. The summed E-state index contributed by atoms with van der Waals surface area (Å²) < 4.78 is 36.9. The van der Waals surface area contributed by atoms with Crippen molar-refractivity contribution in [3.63, 3.8) is 0 Å². The normalized spacial score (nSPS) is 19.8. The first-order valence-electron chi connectivity index (χ1n) is 10.9. The minimum Gasteiger partial charge on any atom is -0.497 e. The van der Waals surface area contributed by atoms with Crippen LogP contribution in [0.3, 0.4) is 0 Å². The average Bonchev–Trinajstić information content (AvgIpc) is 3.32. The molecule has 2 heterocycles. The summed E-state index contributed by atoms with van der Waals surface area (Å²) in [7, 11) is 1.62. The Hall–Kier alpha value is -3.31. The van der Waals surface area contributed by atoms with E-state index in [-0.39, 0.29) is 18.4 Å². The van der Waals surface area contributed by atoms with Crippen LogP contribution in [0.4, 0.5) is 13.2 Å². The molecule has 0 bridgehead atoms. The largest absolute Gasteiger partial charge is 0.497 e. The van der Waals surface area contributed by atoms with Crippen LogP contribution < -0.4 is 10.1 Å². The van der Waals surface area contributed by atoms with E-state index in [1.165, 1.54) is 0 Å². The molecule has 36 heavy (non-hydrogen) atoms. The molecule has 1 spiro atoms. The third-order valence-corrected chi connectivity index (χ3v) is 6.24. The molecule has 1 atom stereocenters. The number of hydrogen-bond acceptors (Lipinski definition) is 5. The number of carbonyl (C=O) groups excluding carboxylic acids is 2. The van der Waals surface area contributed by atoms with Crippen LogP contribution in [0.15, 0.2) is 48.5 Å². The third kappa shape index (κ3) is 6.27. The van der Waals surface area contributed by atoms with Gasteiger partial charge in [-0.15, -0.1) is 0 Å². The quantitative estimate of drug-likeness (QED) is 0.620. The molecule has 2 N–H and O–H groups in total. The summed E-state index contributed by atoms with van der Waals surface area (Å²) in [5.74, 6) is -2.02. The summed E-state index contributed by atoms with van der Waals surface area (Å²) >= 11 is 5.98.